The molecular formula is C14H19NO. The molecule has 1 fully saturated rings. The fraction of sp³-hybridized carbons (Fsp3) is 0.571. The predicted octanol–water partition coefficient (Wildman–Crippen LogP) is 2.90. The molecule has 86 valence electrons. The summed E-state index contributed by atoms with van der Waals surface area (Å²) in [6.07, 6.45) is 2.39. The van der Waals surface area contributed by atoms with E-state index in [1.807, 2.05) is 6.07 Å². The van der Waals surface area contributed by atoms with Crippen LogP contribution in [0.25, 0.3) is 0 Å². The molecule has 0 amide bonds. The highest BCUT2D eigenvalue weighted by molar-refractivity contribution is 5.37. The summed E-state index contributed by atoms with van der Waals surface area (Å²) in [4.78, 5) is 0. The summed E-state index contributed by atoms with van der Waals surface area (Å²) < 4.78 is 5.67. The summed E-state index contributed by atoms with van der Waals surface area (Å²) in [5.41, 5.74) is 1.82. The molecule has 0 spiro atoms. The number of rotatable bonds is 2. The first-order valence-electron chi connectivity index (χ1n) is 6.14. The van der Waals surface area contributed by atoms with Crippen molar-refractivity contribution < 1.29 is 4.74 Å². The van der Waals surface area contributed by atoms with Gasteiger partial charge in [0.15, 0.2) is 0 Å². The third-order valence-electron chi connectivity index (χ3n) is 3.87. The Morgan fingerprint density at radius 2 is 2.06 bits per heavy atom. The highest BCUT2D eigenvalue weighted by atomic mass is 16.5. The van der Waals surface area contributed by atoms with Crippen molar-refractivity contribution in [2.75, 3.05) is 6.61 Å². The van der Waals surface area contributed by atoms with Crippen LogP contribution in [0.5, 0.6) is 5.75 Å². The van der Waals surface area contributed by atoms with E-state index < -0.39 is 0 Å². The summed E-state index contributed by atoms with van der Waals surface area (Å²) in [5, 5.41) is 3.76. The Morgan fingerprint density at radius 3 is 2.81 bits per heavy atom. The lowest BCUT2D eigenvalue weighted by Crippen LogP contribution is -2.30. The van der Waals surface area contributed by atoms with E-state index in [4.69, 9.17) is 4.74 Å². The SMILES string of the molecule is CC1(C)CC1NC1CCOc2ccccc21. The van der Waals surface area contributed by atoms with Crippen molar-refractivity contribution in [1.82, 2.24) is 5.32 Å². The second kappa shape index (κ2) is 3.49. The van der Waals surface area contributed by atoms with E-state index >= 15 is 0 Å². The minimum absolute atomic E-state index is 0.483. The van der Waals surface area contributed by atoms with Crippen molar-refractivity contribution >= 4 is 0 Å². The van der Waals surface area contributed by atoms with Gasteiger partial charge in [-0.2, -0.15) is 0 Å². The van der Waals surface area contributed by atoms with Crippen molar-refractivity contribution in [2.45, 2.75) is 38.8 Å². The Balaban J connectivity index is 1.78. The first-order valence-corrected chi connectivity index (χ1v) is 6.14. The van der Waals surface area contributed by atoms with Crippen LogP contribution in [0.15, 0.2) is 24.3 Å². The topological polar surface area (TPSA) is 21.3 Å². The molecule has 2 atom stereocenters. The van der Waals surface area contributed by atoms with Crippen molar-refractivity contribution in [3.63, 3.8) is 0 Å². The third-order valence-corrected chi connectivity index (χ3v) is 3.87. The quantitative estimate of drug-likeness (QED) is 0.822. The molecule has 1 aliphatic carbocycles. The molecule has 2 unspecified atom stereocenters. The smallest absolute Gasteiger partial charge is 0.124 e. The summed E-state index contributed by atoms with van der Waals surface area (Å²) in [6.45, 7) is 5.49. The molecule has 0 saturated heterocycles. The minimum atomic E-state index is 0.483. The third kappa shape index (κ3) is 1.71. The molecule has 0 radical (unpaired) electrons. The molecular weight excluding hydrogens is 198 g/mol. The first-order chi connectivity index (χ1) is 7.67. The van der Waals surface area contributed by atoms with Crippen LogP contribution in [-0.4, -0.2) is 12.6 Å². The standard InChI is InChI=1S/C14H19NO/c1-14(2)9-13(14)15-11-7-8-16-12-6-4-3-5-10(11)12/h3-6,11,13,15H,7-9H2,1-2H3. The number of hydrogen-bond donors (Lipinski definition) is 1. The van der Waals surface area contributed by atoms with E-state index in [0.717, 1.165) is 18.8 Å². The molecule has 1 aromatic rings. The van der Waals surface area contributed by atoms with E-state index in [1.54, 1.807) is 0 Å². The zero-order valence-corrected chi connectivity index (χ0v) is 9.99. The average molecular weight is 217 g/mol. The molecule has 1 N–H and O–H groups in total. The van der Waals surface area contributed by atoms with E-state index in [9.17, 15) is 0 Å². The van der Waals surface area contributed by atoms with Gasteiger partial charge in [0, 0.05) is 24.1 Å². The van der Waals surface area contributed by atoms with Gasteiger partial charge >= 0.3 is 0 Å². The molecule has 0 bridgehead atoms. The van der Waals surface area contributed by atoms with E-state index in [2.05, 4.69) is 37.4 Å². The largest absolute Gasteiger partial charge is 0.493 e. The lowest BCUT2D eigenvalue weighted by molar-refractivity contribution is 0.249. The summed E-state index contributed by atoms with van der Waals surface area (Å²) in [7, 11) is 0. The first kappa shape index (κ1) is 10.2. The summed E-state index contributed by atoms with van der Waals surface area (Å²) in [6, 6.07) is 9.56. The zero-order chi connectivity index (χ0) is 11.2. The van der Waals surface area contributed by atoms with Crippen LogP contribution >= 0.6 is 0 Å². The number of hydrogen-bond acceptors (Lipinski definition) is 2. The number of fused-ring (bicyclic) bond motifs is 1. The van der Waals surface area contributed by atoms with Gasteiger partial charge < -0.3 is 10.1 Å². The van der Waals surface area contributed by atoms with Crippen molar-refractivity contribution in [3.05, 3.63) is 29.8 Å². The molecule has 1 aliphatic heterocycles. The zero-order valence-electron chi connectivity index (χ0n) is 9.99. The van der Waals surface area contributed by atoms with Gasteiger partial charge in [0.25, 0.3) is 0 Å². The summed E-state index contributed by atoms with van der Waals surface area (Å²) >= 11 is 0. The lowest BCUT2D eigenvalue weighted by atomic mass is 10.00. The Labute approximate surface area is 97.0 Å². The minimum Gasteiger partial charge on any atom is -0.493 e. The molecule has 1 heterocycles. The van der Waals surface area contributed by atoms with Crippen LogP contribution in [0, 0.1) is 5.41 Å². The normalized spacial score (nSPS) is 30.4. The maximum atomic E-state index is 5.67. The van der Waals surface area contributed by atoms with E-state index in [1.165, 1.54) is 12.0 Å². The van der Waals surface area contributed by atoms with Crippen LogP contribution in [0.2, 0.25) is 0 Å². The lowest BCUT2D eigenvalue weighted by Gasteiger charge is -2.27. The number of ether oxygens (including phenoxy) is 1. The number of para-hydroxylation sites is 1. The van der Waals surface area contributed by atoms with Crippen molar-refractivity contribution in [2.24, 2.45) is 5.41 Å². The van der Waals surface area contributed by atoms with Gasteiger partial charge in [0.05, 0.1) is 6.61 Å². The van der Waals surface area contributed by atoms with Gasteiger partial charge in [-0.15, -0.1) is 0 Å². The molecule has 16 heavy (non-hydrogen) atoms. The van der Waals surface area contributed by atoms with Gasteiger partial charge in [-0.25, -0.2) is 0 Å². The monoisotopic (exact) mass is 217 g/mol. The van der Waals surface area contributed by atoms with Gasteiger partial charge in [-0.05, 0) is 17.9 Å². The maximum Gasteiger partial charge on any atom is 0.124 e. The predicted molar refractivity (Wildman–Crippen MR) is 64.6 cm³/mol. The van der Waals surface area contributed by atoms with Crippen LogP contribution in [0.4, 0.5) is 0 Å². The number of nitrogens with one attached hydrogen (secondary N) is 1. The number of benzene rings is 1. The fourth-order valence-corrected chi connectivity index (χ4v) is 2.51. The van der Waals surface area contributed by atoms with Crippen molar-refractivity contribution in [1.29, 1.82) is 0 Å². The van der Waals surface area contributed by atoms with Crippen molar-refractivity contribution in [3.8, 4) is 5.75 Å². The molecule has 3 rings (SSSR count). The van der Waals surface area contributed by atoms with Crippen LogP contribution in [-0.2, 0) is 0 Å². The highest BCUT2D eigenvalue weighted by Crippen LogP contribution is 2.46. The second-order valence-corrected chi connectivity index (χ2v) is 5.64. The average Bonchev–Trinajstić information content (AvgIpc) is 2.87. The Kier molecular flexibility index (Phi) is 2.21. The Bertz CT molecular complexity index is 399. The van der Waals surface area contributed by atoms with E-state index in [0.29, 0.717) is 17.5 Å². The van der Waals surface area contributed by atoms with Crippen LogP contribution < -0.4 is 10.1 Å². The van der Waals surface area contributed by atoms with Gasteiger partial charge in [0.1, 0.15) is 5.75 Å². The second-order valence-electron chi connectivity index (χ2n) is 5.64. The molecule has 1 aromatic carbocycles. The highest BCUT2D eigenvalue weighted by Gasteiger charge is 2.46. The Morgan fingerprint density at radius 1 is 1.31 bits per heavy atom. The van der Waals surface area contributed by atoms with Crippen LogP contribution in [0.3, 0.4) is 0 Å². The molecule has 0 aromatic heterocycles. The summed E-state index contributed by atoms with van der Waals surface area (Å²) in [5.74, 6) is 1.06. The molecule has 2 aliphatic rings. The van der Waals surface area contributed by atoms with Gasteiger partial charge in [-0.3, -0.25) is 0 Å². The molecule has 1 saturated carbocycles. The van der Waals surface area contributed by atoms with E-state index in [-0.39, 0.29) is 0 Å². The van der Waals surface area contributed by atoms with Crippen LogP contribution in [0.1, 0.15) is 38.3 Å². The van der Waals surface area contributed by atoms with Gasteiger partial charge in [-0.1, -0.05) is 32.0 Å². The van der Waals surface area contributed by atoms with Gasteiger partial charge in [0.2, 0.25) is 0 Å². The maximum absolute atomic E-state index is 5.67. The fourth-order valence-electron chi connectivity index (χ4n) is 2.51. The molecule has 2 nitrogen and oxygen atoms in total. The Hall–Kier alpha value is -1.02. The molecule has 2 heteroatoms.